The van der Waals surface area contributed by atoms with Crippen LogP contribution in [0.25, 0.3) is 11.4 Å². The van der Waals surface area contributed by atoms with Gasteiger partial charge in [-0.1, -0.05) is 18.2 Å². The van der Waals surface area contributed by atoms with Gasteiger partial charge in [-0.05, 0) is 24.8 Å². The predicted molar refractivity (Wildman–Crippen MR) is 106 cm³/mol. The van der Waals surface area contributed by atoms with Gasteiger partial charge in [0.2, 0.25) is 0 Å². The number of hydrogen-bond acceptors (Lipinski definition) is 5. The topological polar surface area (TPSA) is 78.0 Å². The lowest BCUT2D eigenvalue weighted by molar-refractivity contribution is 0.0593. The monoisotopic (exact) mass is 374 g/mol. The van der Waals surface area contributed by atoms with E-state index in [9.17, 15) is 4.79 Å². The molecule has 6 rings (SSSR count). The summed E-state index contributed by atoms with van der Waals surface area (Å²) >= 11 is 0. The molecular weight excluding hydrogens is 352 g/mol. The van der Waals surface area contributed by atoms with Crippen molar-refractivity contribution in [3.63, 3.8) is 0 Å². The second-order valence-electron chi connectivity index (χ2n) is 7.51. The van der Waals surface area contributed by atoms with Crippen molar-refractivity contribution >= 4 is 11.7 Å². The number of nitrogens with one attached hydrogen (secondary N) is 1. The van der Waals surface area contributed by atoms with Gasteiger partial charge in [0, 0.05) is 56.0 Å². The first-order chi connectivity index (χ1) is 13.8. The van der Waals surface area contributed by atoms with Crippen LogP contribution in [0, 0.1) is 5.92 Å². The molecule has 1 aromatic carbocycles. The summed E-state index contributed by atoms with van der Waals surface area (Å²) < 4.78 is 0. The van der Waals surface area contributed by atoms with Crippen LogP contribution in [0.15, 0.2) is 55.2 Å². The van der Waals surface area contributed by atoms with E-state index in [1.54, 1.807) is 24.8 Å². The van der Waals surface area contributed by atoms with Crippen LogP contribution in [0.5, 0.6) is 0 Å². The standard InChI is InChI=1S/C21H22N6O/c28-21(18-4-2-1-3-17(18)20-24-9-10-25-20)27-13-15-5-6-16(27)14-26(12-15)19-11-22-7-8-23-19/h1-4,7-11,15-16H,5-6,12-14H2,(H,24,25)/t15-,16+/m0/s1. The van der Waals surface area contributed by atoms with Crippen LogP contribution in [-0.2, 0) is 0 Å². The number of carbonyl (C=O) groups excluding carboxylic acids is 1. The van der Waals surface area contributed by atoms with Crippen molar-refractivity contribution in [2.45, 2.75) is 18.9 Å². The average molecular weight is 374 g/mol. The third-order valence-electron chi connectivity index (χ3n) is 5.76. The van der Waals surface area contributed by atoms with Gasteiger partial charge < -0.3 is 14.8 Å². The fourth-order valence-electron chi connectivity index (χ4n) is 4.42. The summed E-state index contributed by atoms with van der Waals surface area (Å²) in [5, 5.41) is 0. The van der Waals surface area contributed by atoms with Crippen LogP contribution in [0.1, 0.15) is 23.2 Å². The van der Waals surface area contributed by atoms with Gasteiger partial charge in [0.25, 0.3) is 5.91 Å². The normalized spacial score (nSPS) is 21.6. The Kier molecular flexibility index (Phi) is 4.27. The molecule has 2 aromatic heterocycles. The number of hydrogen-bond donors (Lipinski definition) is 1. The number of nitrogens with zero attached hydrogens (tertiary/aromatic N) is 5. The quantitative estimate of drug-likeness (QED) is 0.762. The van der Waals surface area contributed by atoms with Crippen LogP contribution < -0.4 is 4.90 Å². The molecule has 1 N–H and O–H groups in total. The molecule has 5 heterocycles. The highest BCUT2D eigenvalue weighted by atomic mass is 16.2. The maximum Gasteiger partial charge on any atom is 0.254 e. The molecule has 0 unspecified atom stereocenters. The van der Waals surface area contributed by atoms with Gasteiger partial charge in [-0.15, -0.1) is 0 Å². The number of aromatic amines is 1. The molecule has 3 saturated heterocycles. The highest BCUT2D eigenvalue weighted by Gasteiger charge is 2.38. The number of rotatable bonds is 3. The molecule has 3 aliphatic rings. The first-order valence-electron chi connectivity index (χ1n) is 9.70. The third kappa shape index (κ3) is 3.02. The molecule has 142 valence electrons. The smallest absolute Gasteiger partial charge is 0.254 e. The van der Waals surface area contributed by atoms with Crippen molar-refractivity contribution in [2.75, 3.05) is 24.5 Å². The Labute approximate surface area is 163 Å². The molecular formula is C21H22N6O. The van der Waals surface area contributed by atoms with Crippen molar-refractivity contribution < 1.29 is 4.79 Å². The molecule has 0 aliphatic carbocycles. The fraction of sp³-hybridized carbons (Fsp3) is 0.333. The van der Waals surface area contributed by atoms with Crippen LogP contribution in [0.4, 0.5) is 5.82 Å². The lowest BCUT2D eigenvalue weighted by Gasteiger charge is -2.36. The van der Waals surface area contributed by atoms with E-state index < -0.39 is 0 Å². The van der Waals surface area contributed by atoms with Crippen LogP contribution in [0.2, 0.25) is 0 Å². The van der Waals surface area contributed by atoms with Crippen molar-refractivity contribution in [3.05, 3.63) is 60.8 Å². The summed E-state index contributed by atoms with van der Waals surface area (Å²) in [5.41, 5.74) is 1.56. The minimum atomic E-state index is 0.0858. The van der Waals surface area contributed by atoms with E-state index in [1.165, 1.54) is 0 Å². The summed E-state index contributed by atoms with van der Waals surface area (Å²) in [6.07, 6.45) is 10.9. The van der Waals surface area contributed by atoms with Gasteiger partial charge in [-0.3, -0.25) is 9.78 Å². The van der Waals surface area contributed by atoms with E-state index in [0.29, 0.717) is 11.5 Å². The zero-order valence-electron chi connectivity index (χ0n) is 15.5. The van der Waals surface area contributed by atoms with E-state index in [4.69, 9.17) is 0 Å². The molecule has 3 aromatic rings. The number of piperidine rings is 1. The van der Waals surface area contributed by atoms with E-state index in [-0.39, 0.29) is 11.9 Å². The number of H-pyrrole nitrogens is 1. The molecule has 0 spiro atoms. The highest BCUT2D eigenvalue weighted by molar-refractivity contribution is 6.00. The van der Waals surface area contributed by atoms with E-state index >= 15 is 0 Å². The molecule has 3 aliphatic heterocycles. The van der Waals surface area contributed by atoms with Crippen molar-refractivity contribution in [1.82, 2.24) is 24.8 Å². The highest BCUT2D eigenvalue weighted by Crippen LogP contribution is 2.32. The number of anilines is 1. The summed E-state index contributed by atoms with van der Waals surface area (Å²) in [6.45, 7) is 2.50. The molecule has 2 atom stereocenters. The summed E-state index contributed by atoms with van der Waals surface area (Å²) in [4.78, 5) is 34.0. The largest absolute Gasteiger partial charge is 0.353 e. The number of fused-ring (bicyclic) bond motifs is 4. The number of amides is 1. The Bertz CT molecular complexity index is 958. The summed E-state index contributed by atoms with van der Waals surface area (Å²) in [6, 6.07) is 7.89. The van der Waals surface area contributed by atoms with E-state index in [2.05, 4.69) is 29.7 Å². The predicted octanol–water partition coefficient (Wildman–Crippen LogP) is 2.61. The van der Waals surface area contributed by atoms with Crippen molar-refractivity contribution in [2.24, 2.45) is 5.92 Å². The third-order valence-corrected chi connectivity index (χ3v) is 5.76. The molecule has 3 fully saturated rings. The fourth-order valence-corrected chi connectivity index (χ4v) is 4.42. The van der Waals surface area contributed by atoms with E-state index in [0.717, 1.165) is 49.7 Å². The van der Waals surface area contributed by atoms with Crippen LogP contribution in [0.3, 0.4) is 0 Å². The molecule has 0 saturated carbocycles. The van der Waals surface area contributed by atoms with Gasteiger partial charge in [-0.25, -0.2) is 9.97 Å². The summed E-state index contributed by atoms with van der Waals surface area (Å²) in [7, 11) is 0. The van der Waals surface area contributed by atoms with Gasteiger partial charge in [0.05, 0.1) is 11.8 Å². The zero-order valence-corrected chi connectivity index (χ0v) is 15.5. The van der Waals surface area contributed by atoms with Crippen molar-refractivity contribution in [3.8, 4) is 11.4 Å². The first kappa shape index (κ1) is 16.9. The molecule has 28 heavy (non-hydrogen) atoms. The Morgan fingerprint density at radius 1 is 1.04 bits per heavy atom. The van der Waals surface area contributed by atoms with Crippen molar-refractivity contribution in [1.29, 1.82) is 0 Å². The van der Waals surface area contributed by atoms with Gasteiger partial charge >= 0.3 is 0 Å². The average Bonchev–Trinajstić information content (AvgIpc) is 3.13. The number of imidazole rings is 1. The lowest BCUT2D eigenvalue weighted by atomic mass is 9.93. The Morgan fingerprint density at radius 2 is 1.96 bits per heavy atom. The van der Waals surface area contributed by atoms with Crippen LogP contribution >= 0.6 is 0 Å². The molecule has 2 bridgehead atoms. The Morgan fingerprint density at radius 3 is 2.79 bits per heavy atom. The molecule has 7 heteroatoms. The number of aromatic nitrogens is 4. The summed E-state index contributed by atoms with van der Waals surface area (Å²) in [5.74, 6) is 2.15. The second-order valence-corrected chi connectivity index (χ2v) is 7.51. The molecule has 0 radical (unpaired) electrons. The Balaban J connectivity index is 1.44. The second kappa shape index (κ2) is 7.07. The minimum Gasteiger partial charge on any atom is -0.353 e. The number of carbonyl (C=O) groups is 1. The zero-order chi connectivity index (χ0) is 18.9. The van der Waals surface area contributed by atoms with Gasteiger partial charge in [0.1, 0.15) is 11.6 Å². The number of benzene rings is 1. The maximum atomic E-state index is 13.5. The SMILES string of the molecule is O=C(c1ccccc1-c1ncc[nH]1)N1C[C@H]2CC[C@@H]1CN(c1cnccn1)C2. The first-order valence-corrected chi connectivity index (χ1v) is 9.70. The van der Waals surface area contributed by atoms with Crippen LogP contribution in [-0.4, -0.2) is 56.4 Å². The minimum absolute atomic E-state index is 0.0858. The maximum absolute atomic E-state index is 13.5. The van der Waals surface area contributed by atoms with E-state index in [1.807, 2.05) is 30.5 Å². The molecule has 1 amide bonds. The molecule has 7 nitrogen and oxygen atoms in total. The lowest BCUT2D eigenvalue weighted by Crippen LogP contribution is -2.47. The van der Waals surface area contributed by atoms with Gasteiger partial charge in [-0.2, -0.15) is 0 Å². The Hall–Kier alpha value is -3.22. The van der Waals surface area contributed by atoms with Gasteiger partial charge in [0.15, 0.2) is 0 Å².